The van der Waals surface area contributed by atoms with Crippen LogP contribution in [0, 0.1) is 5.92 Å². The van der Waals surface area contributed by atoms with Crippen molar-refractivity contribution in [1.82, 2.24) is 10.2 Å². The minimum atomic E-state index is -0.0621. The van der Waals surface area contributed by atoms with E-state index < -0.39 is 0 Å². The molecule has 0 radical (unpaired) electrons. The number of hydrogen-bond donors (Lipinski definition) is 3. The van der Waals surface area contributed by atoms with E-state index >= 15 is 0 Å². The first kappa shape index (κ1) is 19.2. The largest absolute Gasteiger partial charge is 0.506 e. The molecule has 0 atom stereocenters. The lowest BCUT2D eigenvalue weighted by molar-refractivity contribution is -0.121. The first-order chi connectivity index (χ1) is 13.1. The molecule has 2 aromatic carbocycles. The van der Waals surface area contributed by atoms with Crippen LogP contribution in [0.3, 0.4) is 0 Å². The second-order valence-corrected chi connectivity index (χ2v) is 7.12. The molecule has 1 fully saturated rings. The zero-order valence-electron chi connectivity index (χ0n) is 15.2. The molecule has 3 N–H and O–H groups in total. The summed E-state index contributed by atoms with van der Waals surface area (Å²) in [4.78, 5) is 14.6. The normalized spacial score (nSPS) is 14.6. The molecule has 1 saturated heterocycles. The van der Waals surface area contributed by atoms with Gasteiger partial charge in [-0.25, -0.2) is 0 Å². The van der Waals surface area contributed by atoms with E-state index in [0.717, 1.165) is 44.0 Å². The van der Waals surface area contributed by atoms with Crippen molar-refractivity contribution in [3.05, 3.63) is 60.2 Å². The van der Waals surface area contributed by atoms with Crippen molar-refractivity contribution in [3.63, 3.8) is 0 Å². The Hall–Kier alpha value is -2.60. The predicted octanol–water partition coefficient (Wildman–Crippen LogP) is 3.16. The lowest BCUT2D eigenvalue weighted by Crippen LogP contribution is -2.46. The molecule has 27 heavy (non-hydrogen) atoms. The van der Waals surface area contributed by atoms with Crippen molar-refractivity contribution in [1.29, 1.82) is 0 Å². The van der Waals surface area contributed by atoms with Gasteiger partial charge in [-0.15, -0.1) is 0 Å². The van der Waals surface area contributed by atoms with Gasteiger partial charge in [0.15, 0.2) is 5.11 Å². The number of phenolic OH excluding ortho intramolecular Hbond substituents is 1. The van der Waals surface area contributed by atoms with Crippen LogP contribution in [-0.4, -0.2) is 40.7 Å². The summed E-state index contributed by atoms with van der Waals surface area (Å²) in [7, 11) is 0. The van der Waals surface area contributed by atoms with Crippen LogP contribution in [-0.2, 0) is 11.2 Å². The number of nitrogens with zero attached hydrogens (tertiary/aromatic N) is 1. The number of rotatable bonds is 5. The van der Waals surface area contributed by atoms with Gasteiger partial charge in [0.2, 0.25) is 5.91 Å². The molecule has 0 bridgehead atoms. The van der Waals surface area contributed by atoms with E-state index in [4.69, 9.17) is 12.2 Å². The second kappa shape index (κ2) is 9.37. The molecule has 1 heterocycles. The summed E-state index contributed by atoms with van der Waals surface area (Å²) in [5, 5.41) is 16.7. The number of hydrogen-bond acceptors (Lipinski definition) is 3. The molecule has 1 amide bonds. The van der Waals surface area contributed by atoms with Gasteiger partial charge in [0, 0.05) is 25.6 Å². The van der Waals surface area contributed by atoms with Gasteiger partial charge >= 0.3 is 0 Å². The average molecular weight is 384 g/mol. The number of piperidine rings is 1. The van der Waals surface area contributed by atoms with Crippen molar-refractivity contribution in [2.75, 3.05) is 25.0 Å². The fourth-order valence-corrected chi connectivity index (χ4v) is 3.51. The number of nitrogens with one attached hydrogen (secondary N) is 2. The Labute approximate surface area is 165 Å². The maximum atomic E-state index is 12.4. The highest BCUT2D eigenvalue weighted by atomic mass is 32.1. The van der Waals surface area contributed by atoms with Gasteiger partial charge in [-0.3, -0.25) is 4.79 Å². The van der Waals surface area contributed by atoms with E-state index in [1.165, 1.54) is 5.56 Å². The third kappa shape index (κ3) is 5.44. The number of likely N-dealkylation sites (tertiary alicyclic amines) is 1. The molecular weight excluding hydrogens is 358 g/mol. The van der Waals surface area contributed by atoms with Crippen LogP contribution in [0.4, 0.5) is 5.69 Å². The van der Waals surface area contributed by atoms with Crippen LogP contribution in [0.5, 0.6) is 5.75 Å². The van der Waals surface area contributed by atoms with Crippen LogP contribution in [0.2, 0.25) is 0 Å². The van der Waals surface area contributed by atoms with Gasteiger partial charge in [-0.1, -0.05) is 42.5 Å². The molecule has 0 saturated carbocycles. The molecule has 0 spiro atoms. The summed E-state index contributed by atoms with van der Waals surface area (Å²) in [6.07, 6.45) is 2.43. The van der Waals surface area contributed by atoms with Crippen LogP contribution in [0.25, 0.3) is 0 Å². The summed E-state index contributed by atoms with van der Waals surface area (Å²) >= 11 is 5.50. The fraction of sp³-hybridized carbons (Fsp3) is 0.333. The Morgan fingerprint density at radius 3 is 2.44 bits per heavy atom. The third-order valence-electron chi connectivity index (χ3n) is 4.85. The molecule has 0 unspecified atom stereocenters. The highest BCUT2D eigenvalue weighted by Crippen LogP contribution is 2.24. The van der Waals surface area contributed by atoms with Gasteiger partial charge in [0.25, 0.3) is 0 Å². The number of carbonyl (C=O) groups is 1. The predicted molar refractivity (Wildman–Crippen MR) is 112 cm³/mol. The number of anilines is 1. The number of carbonyl (C=O) groups excluding carboxylic acids is 1. The molecule has 5 nitrogen and oxygen atoms in total. The van der Waals surface area contributed by atoms with E-state index in [1.807, 2.05) is 18.2 Å². The Balaban J connectivity index is 1.41. The SMILES string of the molecule is O=C(Nc1ccccc1O)C1CCN(C(=S)NCCc2ccccc2)CC1. The maximum Gasteiger partial charge on any atom is 0.227 e. The van der Waals surface area contributed by atoms with E-state index in [-0.39, 0.29) is 17.6 Å². The lowest BCUT2D eigenvalue weighted by Gasteiger charge is -2.33. The number of thiocarbonyl (C=S) groups is 1. The number of amides is 1. The van der Waals surface area contributed by atoms with Gasteiger partial charge in [0.05, 0.1) is 5.69 Å². The second-order valence-electron chi connectivity index (χ2n) is 6.74. The summed E-state index contributed by atoms with van der Waals surface area (Å²) in [5.74, 6) is -0.0147. The minimum Gasteiger partial charge on any atom is -0.506 e. The minimum absolute atomic E-state index is 0.0425. The highest BCUT2D eigenvalue weighted by molar-refractivity contribution is 7.80. The number of para-hydroxylation sites is 2. The fourth-order valence-electron chi connectivity index (χ4n) is 3.23. The maximum absolute atomic E-state index is 12.4. The van der Waals surface area contributed by atoms with E-state index in [2.05, 4.69) is 27.7 Å². The lowest BCUT2D eigenvalue weighted by atomic mass is 9.96. The van der Waals surface area contributed by atoms with Crippen LogP contribution in [0.1, 0.15) is 18.4 Å². The summed E-state index contributed by atoms with van der Waals surface area (Å²) < 4.78 is 0. The monoisotopic (exact) mass is 383 g/mol. The smallest absolute Gasteiger partial charge is 0.227 e. The van der Waals surface area contributed by atoms with Crippen molar-refractivity contribution >= 4 is 28.9 Å². The molecule has 2 aromatic rings. The Kier molecular flexibility index (Phi) is 6.65. The Morgan fingerprint density at radius 2 is 1.74 bits per heavy atom. The first-order valence-corrected chi connectivity index (χ1v) is 9.70. The summed E-state index contributed by atoms with van der Waals surface area (Å²) in [6, 6.07) is 17.1. The van der Waals surface area contributed by atoms with Gasteiger partial charge in [-0.2, -0.15) is 0 Å². The highest BCUT2D eigenvalue weighted by Gasteiger charge is 2.26. The van der Waals surface area contributed by atoms with Gasteiger partial charge in [-0.05, 0) is 49.2 Å². The molecular formula is C21H25N3O2S. The van der Waals surface area contributed by atoms with Gasteiger partial charge in [0.1, 0.15) is 5.75 Å². The van der Waals surface area contributed by atoms with Crippen LogP contribution in [0.15, 0.2) is 54.6 Å². The van der Waals surface area contributed by atoms with Crippen molar-refractivity contribution in [2.24, 2.45) is 5.92 Å². The number of phenols is 1. The van der Waals surface area contributed by atoms with Crippen molar-refractivity contribution in [3.8, 4) is 5.75 Å². The summed E-state index contributed by atoms with van der Waals surface area (Å²) in [5.41, 5.74) is 1.75. The number of benzene rings is 2. The standard InChI is InChI=1S/C21H25N3O2S/c25-19-9-5-4-8-18(19)23-20(26)17-11-14-24(15-12-17)21(27)22-13-10-16-6-2-1-3-7-16/h1-9,17,25H,10-15H2,(H,22,27)(H,23,26). The molecule has 3 rings (SSSR count). The summed E-state index contributed by atoms with van der Waals surface area (Å²) in [6.45, 7) is 2.32. The molecule has 1 aliphatic heterocycles. The zero-order valence-corrected chi connectivity index (χ0v) is 16.0. The van der Waals surface area contributed by atoms with E-state index in [9.17, 15) is 9.90 Å². The molecule has 6 heteroatoms. The molecule has 0 aromatic heterocycles. The Morgan fingerprint density at radius 1 is 1.07 bits per heavy atom. The van der Waals surface area contributed by atoms with E-state index in [0.29, 0.717) is 5.69 Å². The van der Waals surface area contributed by atoms with Crippen molar-refractivity contribution < 1.29 is 9.90 Å². The topological polar surface area (TPSA) is 64.6 Å². The van der Waals surface area contributed by atoms with Gasteiger partial charge < -0.3 is 20.6 Å². The molecule has 142 valence electrons. The Bertz CT molecular complexity index is 774. The van der Waals surface area contributed by atoms with Crippen LogP contribution >= 0.6 is 12.2 Å². The third-order valence-corrected chi connectivity index (χ3v) is 5.25. The first-order valence-electron chi connectivity index (χ1n) is 9.29. The molecule has 1 aliphatic rings. The average Bonchev–Trinajstić information content (AvgIpc) is 2.70. The van der Waals surface area contributed by atoms with Crippen molar-refractivity contribution in [2.45, 2.75) is 19.3 Å². The van der Waals surface area contributed by atoms with Crippen LogP contribution < -0.4 is 10.6 Å². The number of aromatic hydroxyl groups is 1. The quantitative estimate of drug-likeness (QED) is 0.547. The van der Waals surface area contributed by atoms with E-state index in [1.54, 1.807) is 24.3 Å². The molecule has 0 aliphatic carbocycles. The zero-order chi connectivity index (χ0) is 19.1.